The number of nitrogen functional groups attached to an aromatic ring is 1. The highest BCUT2D eigenvalue weighted by Crippen LogP contribution is 2.22. The minimum atomic E-state index is 0.141. The molecule has 20 heavy (non-hydrogen) atoms. The summed E-state index contributed by atoms with van der Waals surface area (Å²) in [7, 11) is 0. The van der Waals surface area contributed by atoms with E-state index < -0.39 is 0 Å². The van der Waals surface area contributed by atoms with E-state index in [1.807, 2.05) is 6.92 Å². The van der Waals surface area contributed by atoms with Crippen LogP contribution in [0.4, 0.5) is 11.5 Å². The first-order valence-corrected chi connectivity index (χ1v) is 6.08. The minimum absolute atomic E-state index is 0.141. The molecule has 2 aromatic rings. The number of phenolic OH excluding ortho intramolecular Hbond substituents is 1. The van der Waals surface area contributed by atoms with Gasteiger partial charge in [0.25, 0.3) is 0 Å². The van der Waals surface area contributed by atoms with E-state index in [-0.39, 0.29) is 5.75 Å². The Morgan fingerprint density at radius 2 is 2.10 bits per heavy atom. The number of nitrogens with two attached hydrogens (primary N) is 1. The Labute approximate surface area is 116 Å². The van der Waals surface area contributed by atoms with Crippen LogP contribution in [0.15, 0.2) is 18.2 Å². The van der Waals surface area contributed by atoms with Crippen LogP contribution in [0.1, 0.15) is 22.4 Å². The molecule has 0 bridgehead atoms. The lowest BCUT2D eigenvalue weighted by Crippen LogP contribution is -2.08. The average Bonchev–Trinajstić information content (AvgIpc) is 2.43. The molecule has 0 aliphatic heterocycles. The molecule has 4 N–H and O–H groups in total. The summed E-state index contributed by atoms with van der Waals surface area (Å²) in [5.74, 6) is 0.541. The summed E-state index contributed by atoms with van der Waals surface area (Å²) in [6, 6.07) is 6.94. The van der Waals surface area contributed by atoms with Gasteiger partial charge in [-0.3, -0.25) is 0 Å². The van der Waals surface area contributed by atoms with Gasteiger partial charge in [-0.05, 0) is 37.6 Å². The van der Waals surface area contributed by atoms with E-state index in [1.165, 1.54) is 6.07 Å². The van der Waals surface area contributed by atoms with E-state index in [1.54, 1.807) is 19.1 Å². The molecule has 0 aliphatic carbocycles. The van der Waals surface area contributed by atoms with Gasteiger partial charge in [-0.15, -0.1) is 5.10 Å². The molecule has 6 heteroatoms. The number of hydrogen-bond acceptors (Lipinski definition) is 6. The van der Waals surface area contributed by atoms with Gasteiger partial charge in [0.15, 0.2) is 5.82 Å². The number of nitriles is 1. The maximum absolute atomic E-state index is 9.74. The van der Waals surface area contributed by atoms with Crippen molar-refractivity contribution in [2.75, 3.05) is 11.1 Å². The Hall–Kier alpha value is -2.81. The molecular formula is C14H15N5O. The average molecular weight is 269 g/mol. The van der Waals surface area contributed by atoms with Gasteiger partial charge in [0, 0.05) is 17.8 Å². The monoisotopic (exact) mass is 269 g/mol. The van der Waals surface area contributed by atoms with E-state index in [0.717, 1.165) is 11.3 Å². The topological polar surface area (TPSA) is 108 Å². The van der Waals surface area contributed by atoms with Crippen LogP contribution in [0.3, 0.4) is 0 Å². The van der Waals surface area contributed by atoms with Gasteiger partial charge in [0.2, 0.25) is 0 Å². The van der Waals surface area contributed by atoms with Crippen molar-refractivity contribution in [2.24, 2.45) is 0 Å². The lowest BCUT2D eigenvalue weighted by Gasteiger charge is -2.11. The number of hydrogen-bond donors (Lipinski definition) is 3. The molecule has 6 nitrogen and oxygen atoms in total. The fourth-order valence-corrected chi connectivity index (χ4v) is 1.80. The zero-order chi connectivity index (χ0) is 14.7. The minimum Gasteiger partial charge on any atom is -0.508 e. The van der Waals surface area contributed by atoms with Gasteiger partial charge in [-0.2, -0.15) is 10.4 Å². The first-order chi connectivity index (χ1) is 9.52. The van der Waals surface area contributed by atoms with E-state index in [2.05, 4.69) is 21.6 Å². The number of aromatic hydroxyl groups is 1. The molecule has 0 spiro atoms. The highest BCUT2D eigenvalue weighted by molar-refractivity contribution is 5.57. The zero-order valence-corrected chi connectivity index (χ0v) is 11.3. The molecule has 0 aliphatic rings. The van der Waals surface area contributed by atoms with Crippen molar-refractivity contribution in [1.29, 1.82) is 5.26 Å². The first kappa shape index (κ1) is 13.6. The number of aromatic nitrogens is 2. The Balaban J connectivity index is 2.26. The Morgan fingerprint density at radius 3 is 2.80 bits per heavy atom. The van der Waals surface area contributed by atoms with Gasteiger partial charge >= 0.3 is 0 Å². The van der Waals surface area contributed by atoms with Crippen molar-refractivity contribution >= 4 is 11.5 Å². The number of nitrogens with zero attached hydrogens (tertiary/aromatic N) is 3. The van der Waals surface area contributed by atoms with Crippen molar-refractivity contribution in [2.45, 2.75) is 20.4 Å². The molecular weight excluding hydrogens is 254 g/mol. The molecule has 1 aromatic heterocycles. The van der Waals surface area contributed by atoms with Crippen LogP contribution >= 0.6 is 0 Å². The predicted octanol–water partition coefficient (Wildman–Crippen LogP) is 1.87. The van der Waals surface area contributed by atoms with Crippen LogP contribution in [-0.4, -0.2) is 15.3 Å². The second kappa shape index (κ2) is 5.45. The molecule has 1 aromatic carbocycles. The fraction of sp³-hybridized carbons (Fsp3) is 0.214. The third-order valence-corrected chi connectivity index (χ3v) is 3.12. The van der Waals surface area contributed by atoms with Crippen LogP contribution in [0.5, 0.6) is 5.75 Å². The van der Waals surface area contributed by atoms with Gasteiger partial charge in [-0.25, -0.2) is 0 Å². The second-order valence-electron chi connectivity index (χ2n) is 4.49. The van der Waals surface area contributed by atoms with Crippen LogP contribution in [0, 0.1) is 25.2 Å². The van der Waals surface area contributed by atoms with Crippen LogP contribution in [-0.2, 0) is 6.54 Å². The molecule has 1 heterocycles. The fourth-order valence-electron chi connectivity index (χ4n) is 1.80. The number of aryl methyl sites for hydroxylation is 1. The smallest absolute Gasteiger partial charge is 0.167 e. The van der Waals surface area contributed by atoms with Crippen LogP contribution < -0.4 is 11.1 Å². The maximum Gasteiger partial charge on any atom is 0.167 e. The SMILES string of the molecule is Cc1nnc(NCc2cc(N)ccc2O)c(C#N)c1C. The third kappa shape index (κ3) is 2.62. The molecule has 102 valence electrons. The van der Waals surface area contributed by atoms with Crippen molar-refractivity contribution in [3.05, 3.63) is 40.6 Å². The highest BCUT2D eigenvalue weighted by Gasteiger charge is 2.11. The summed E-state index contributed by atoms with van der Waals surface area (Å²) in [6.45, 7) is 3.94. The Kier molecular flexibility index (Phi) is 3.71. The Bertz CT molecular complexity index is 691. The van der Waals surface area contributed by atoms with Gasteiger partial charge < -0.3 is 16.2 Å². The summed E-state index contributed by atoms with van der Waals surface area (Å²) in [4.78, 5) is 0. The molecule has 0 unspecified atom stereocenters. The number of phenols is 1. The lowest BCUT2D eigenvalue weighted by molar-refractivity contribution is 0.469. The first-order valence-electron chi connectivity index (χ1n) is 6.08. The van der Waals surface area contributed by atoms with Crippen LogP contribution in [0.2, 0.25) is 0 Å². The predicted molar refractivity (Wildman–Crippen MR) is 76.1 cm³/mol. The molecule has 0 saturated heterocycles. The summed E-state index contributed by atoms with van der Waals surface area (Å²) in [5, 5.41) is 29.9. The molecule has 0 amide bonds. The normalized spacial score (nSPS) is 10.1. The van der Waals surface area contributed by atoms with E-state index >= 15 is 0 Å². The van der Waals surface area contributed by atoms with Crippen molar-refractivity contribution < 1.29 is 5.11 Å². The van der Waals surface area contributed by atoms with Crippen molar-refractivity contribution in [3.8, 4) is 11.8 Å². The quantitative estimate of drug-likeness (QED) is 0.580. The molecule has 2 rings (SSSR count). The summed E-state index contributed by atoms with van der Waals surface area (Å²) >= 11 is 0. The van der Waals surface area contributed by atoms with E-state index in [0.29, 0.717) is 29.2 Å². The highest BCUT2D eigenvalue weighted by atomic mass is 16.3. The maximum atomic E-state index is 9.74. The van der Waals surface area contributed by atoms with Crippen LogP contribution in [0.25, 0.3) is 0 Å². The third-order valence-electron chi connectivity index (χ3n) is 3.12. The summed E-state index contributed by atoms with van der Waals surface area (Å²) in [5.41, 5.74) is 8.85. The van der Waals surface area contributed by atoms with Crippen molar-refractivity contribution in [1.82, 2.24) is 10.2 Å². The largest absolute Gasteiger partial charge is 0.508 e. The van der Waals surface area contributed by atoms with Gasteiger partial charge in [-0.1, -0.05) is 0 Å². The molecule has 0 radical (unpaired) electrons. The van der Waals surface area contributed by atoms with E-state index in [4.69, 9.17) is 5.73 Å². The molecule has 0 saturated carbocycles. The lowest BCUT2D eigenvalue weighted by atomic mass is 10.1. The summed E-state index contributed by atoms with van der Waals surface area (Å²) < 4.78 is 0. The number of benzene rings is 1. The number of rotatable bonds is 3. The van der Waals surface area contributed by atoms with Crippen molar-refractivity contribution in [3.63, 3.8) is 0 Å². The Morgan fingerprint density at radius 1 is 1.35 bits per heavy atom. The van der Waals surface area contributed by atoms with Gasteiger partial charge in [0.05, 0.1) is 5.69 Å². The molecule has 0 atom stereocenters. The van der Waals surface area contributed by atoms with E-state index in [9.17, 15) is 10.4 Å². The second-order valence-corrected chi connectivity index (χ2v) is 4.49. The van der Waals surface area contributed by atoms with Gasteiger partial charge in [0.1, 0.15) is 17.4 Å². The standard InChI is InChI=1S/C14H15N5O/c1-8-9(2)18-19-14(12(8)6-15)17-7-10-5-11(16)3-4-13(10)20/h3-5,20H,7,16H2,1-2H3,(H,17,19). The summed E-state index contributed by atoms with van der Waals surface area (Å²) in [6.07, 6.45) is 0. The molecule has 0 fully saturated rings. The number of anilines is 2. The zero-order valence-electron chi connectivity index (χ0n) is 11.3. The number of nitrogens with one attached hydrogen (secondary N) is 1.